The van der Waals surface area contributed by atoms with Gasteiger partial charge in [-0.2, -0.15) is 0 Å². The Hall–Kier alpha value is -1.82. The number of carbonyl (C=O) groups excluding carboxylic acids is 1. The number of carbonyl (C=O) groups is 1. The van der Waals surface area contributed by atoms with Crippen molar-refractivity contribution < 1.29 is 4.79 Å². The van der Waals surface area contributed by atoms with Crippen LogP contribution in [-0.4, -0.2) is 44.8 Å². The van der Waals surface area contributed by atoms with Crippen LogP contribution in [0.15, 0.2) is 35.5 Å². The van der Waals surface area contributed by atoms with Gasteiger partial charge >= 0.3 is 0 Å². The average molecular weight is 330 g/mol. The Bertz CT molecular complexity index is 672. The Morgan fingerprint density at radius 2 is 2.13 bits per heavy atom. The van der Waals surface area contributed by atoms with E-state index >= 15 is 0 Å². The van der Waals surface area contributed by atoms with Crippen LogP contribution in [0, 0.1) is 6.92 Å². The van der Waals surface area contributed by atoms with Gasteiger partial charge in [0.2, 0.25) is 11.1 Å². The van der Waals surface area contributed by atoms with Gasteiger partial charge in [0.25, 0.3) is 0 Å². The largest absolute Gasteiger partial charge is 0.341 e. The predicted octanol–water partition coefficient (Wildman–Crippen LogP) is 2.79. The number of nitrogens with zero attached hydrogens (tertiary/aromatic N) is 3. The number of amides is 1. The summed E-state index contributed by atoms with van der Waals surface area (Å²) in [7, 11) is 0. The van der Waals surface area contributed by atoms with Crippen molar-refractivity contribution in [1.29, 1.82) is 0 Å². The van der Waals surface area contributed by atoms with Crippen LogP contribution in [0.25, 0.3) is 0 Å². The maximum Gasteiger partial charge on any atom is 0.222 e. The van der Waals surface area contributed by atoms with Gasteiger partial charge < -0.3 is 4.90 Å². The van der Waals surface area contributed by atoms with Gasteiger partial charge in [-0.3, -0.25) is 9.89 Å². The molecule has 1 aromatic heterocycles. The standard InChI is InChI=1S/C17H22N4OS/c1-13-18-16(20-19-13)23-11-10-21-12-17(2,9-8-15(21)22)14-6-4-3-5-7-14/h3-7H,8-12H2,1-2H3,(H,18,19,20)/t17-/m1/s1. The first kappa shape index (κ1) is 16.1. The number of H-pyrrole nitrogens is 1. The highest BCUT2D eigenvalue weighted by atomic mass is 32.2. The van der Waals surface area contributed by atoms with E-state index in [0.29, 0.717) is 6.42 Å². The maximum atomic E-state index is 12.2. The molecule has 0 spiro atoms. The number of aryl methyl sites for hydroxylation is 1. The van der Waals surface area contributed by atoms with Crippen LogP contribution >= 0.6 is 11.8 Å². The third-order valence-electron chi connectivity index (χ3n) is 4.42. The predicted molar refractivity (Wildman–Crippen MR) is 91.5 cm³/mol. The molecule has 1 N–H and O–H groups in total. The molecule has 1 aliphatic heterocycles. The zero-order chi connectivity index (χ0) is 16.3. The van der Waals surface area contributed by atoms with E-state index in [4.69, 9.17) is 0 Å². The first-order valence-electron chi connectivity index (χ1n) is 7.92. The molecule has 1 fully saturated rings. The van der Waals surface area contributed by atoms with E-state index in [0.717, 1.165) is 36.2 Å². The van der Waals surface area contributed by atoms with Gasteiger partial charge in [0.15, 0.2) is 0 Å². The second kappa shape index (κ2) is 6.74. The molecule has 0 radical (unpaired) electrons. The zero-order valence-corrected chi connectivity index (χ0v) is 14.4. The van der Waals surface area contributed by atoms with E-state index in [1.807, 2.05) is 17.9 Å². The summed E-state index contributed by atoms with van der Waals surface area (Å²) in [6.45, 7) is 5.66. The summed E-state index contributed by atoms with van der Waals surface area (Å²) in [6.07, 6.45) is 1.54. The molecule has 1 saturated heterocycles. The highest BCUT2D eigenvalue weighted by Gasteiger charge is 2.35. The molecule has 1 amide bonds. The lowest BCUT2D eigenvalue weighted by Crippen LogP contribution is -2.48. The molecular weight excluding hydrogens is 308 g/mol. The van der Waals surface area contributed by atoms with Gasteiger partial charge in [0.1, 0.15) is 5.82 Å². The number of hydrogen-bond acceptors (Lipinski definition) is 4. The normalized spacial score (nSPS) is 21.7. The Labute approximate surface area is 140 Å². The molecule has 23 heavy (non-hydrogen) atoms. The molecule has 1 aromatic carbocycles. The summed E-state index contributed by atoms with van der Waals surface area (Å²) < 4.78 is 0. The molecular formula is C17H22N4OS. The molecule has 2 heterocycles. The molecule has 0 bridgehead atoms. The highest BCUT2D eigenvalue weighted by Crippen LogP contribution is 2.34. The van der Waals surface area contributed by atoms with Crippen molar-refractivity contribution in [3.63, 3.8) is 0 Å². The van der Waals surface area contributed by atoms with Gasteiger partial charge in [-0.25, -0.2) is 4.98 Å². The lowest BCUT2D eigenvalue weighted by Gasteiger charge is -2.40. The molecule has 0 aliphatic carbocycles. The first-order valence-corrected chi connectivity index (χ1v) is 8.90. The second-order valence-electron chi connectivity index (χ2n) is 6.29. The van der Waals surface area contributed by atoms with Gasteiger partial charge in [-0.1, -0.05) is 49.0 Å². The first-order chi connectivity index (χ1) is 11.1. The third kappa shape index (κ3) is 3.75. The molecule has 3 rings (SSSR count). The number of aromatic nitrogens is 3. The molecule has 1 atom stereocenters. The fourth-order valence-corrected chi connectivity index (χ4v) is 3.85. The summed E-state index contributed by atoms with van der Waals surface area (Å²) in [5.41, 5.74) is 1.36. The Kier molecular flexibility index (Phi) is 4.71. The van der Waals surface area contributed by atoms with Crippen LogP contribution in [0.4, 0.5) is 0 Å². The molecule has 0 unspecified atom stereocenters. The van der Waals surface area contributed by atoms with Gasteiger partial charge in [0.05, 0.1) is 0 Å². The number of benzene rings is 1. The maximum absolute atomic E-state index is 12.2. The second-order valence-corrected chi connectivity index (χ2v) is 7.36. The minimum atomic E-state index is 0.0427. The molecule has 6 heteroatoms. The average Bonchev–Trinajstić information content (AvgIpc) is 2.97. The number of piperidine rings is 1. The van der Waals surface area contributed by atoms with Crippen LogP contribution in [0.3, 0.4) is 0 Å². The minimum absolute atomic E-state index is 0.0427. The van der Waals surface area contributed by atoms with E-state index < -0.39 is 0 Å². The summed E-state index contributed by atoms with van der Waals surface area (Å²) >= 11 is 1.59. The Morgan fingerprint density at radius 1 is 1.35 bits per heavy atom. The Morgan fingerprint density at radius 3 is 2.83 bits per heavy atom. The van der Waals surface area contributed by atoms with E-state index in [1.54, 1.807) is 11.8 Å². The van der Waals surface area contributed by atoms with Crippen molar-refractivity contribution in [1.82, 2.24) is 20.1 Å². The van der Waals surface area contributed by atoms with E-state index in [-0.39, 0.29) is 11.3 Å². The van der Waals surface area contributed by atoms with Crippen molar-refractivity contribution in [2.24, 2.45) is 0 Å². The van der Waals surface area contributed by atoms with Crippen molar-refractivity contribution in [2.75, 3.05) is 18.8 Å². The molecule has 122 valence electrons. The lowest BCUT2D eigenvalue weighted by atomic mass is 9.76. The van der Waals surface area contributed by atoms with Crippen LogP contribution in [0.5, 0.6) is 0 Å². The highest BCUT2D eigenvalue weighted by molar-refractivity contribution is 7.99. The number of thioether (sulfide) groups is 1. The van der Waals surface area contributed by atoms with Crippen LogP contribution in [-0.2, 0) is 10.2 Å². The fourth-order valence-electron chi connectivity index (χ4n) is 3.04. The van der Waals surface area contributed by atoms with Crippen LogP contribution in [0.2, 0.25) is 0 Å². The van der Waals surface area contributed by atoms with E-state index in [1.165, 1.54) is 5.56 Å². The van der Waals surface area contributed by atoms with Gasteiger partial charge in [0, 0.05) is 30.7 Å². The number of hydrogen-bond donors (Lipinski definition) is 1. The van der Waals surface area contributed by atoms with Crippen LogP contribution in [0.1, 0.15) is 31.2 Å². The Balaban J connectivity index is 1.61. The summed E-state index contributed by atoms with van der Waals surface area (Å²) in [4.78, 5) is 18.5. The number of rotatable bonds is 5. The number of nitrogens with one attached hydrogen (secondary N) is 1. The van der Waals surface area contributed by atoms with Crippen molar-refractivity contribution in [2.45, 2.75) is 37.3 Å². The molecule has 0 saturated carbocycles. The van der Waals surface area contributed by atoms with Gasteiger partial charge in [-0.05, 0) is 18.9 Å². The van der Waals surface area contributed by atoms with E-state index in [2.05, 4.69) is 46.4 Å². The fraction of sp³-hybridized carbons (Fsp3) is 0.471. The summed E-state index contributed by atoms with van der Waals surface area (Å²) in [5.74, 6) is 1.89. The molecule has 5 nitrogen and oxygen atoms in total. The summed E-state index contributed by atoms with van der Waals surface area (Å²) in [5, 5.41) is 7.70. The molecule has 1 aliphatic rings. The van der Waals surface area contributed by atoms with Crippen molar-refractivity contribution in [3.8, 4) is 0 Å². The number of aromatic amines is 1. The lowest BCUT2D eigenvalue weighted by molar-refractivity contribution is -0.134. The number of likely N-dealkylation sites (tertiary alicyclic amines) is 1. The zero-order valence-electron chi connectivity index (χ0n) is 13.6. The third-order valence-corrected chi connectivity index (χ3v) is 5.25. The van der Waals surface area contributed by atoms with Crippen molar-refractivity contribution >= 4 is 17.7 Å². The molecule has 2 aromatic rings. The van der Waals surface area contributed by atoms with E-state index in [9.17, 15) is 4.79 Å². The summed E-state index contributed by atoms with van der Waals surface area (Å²) in [6, 6.07) is 10.5. The topological polar surface area (TPSA) is 61.9 Å². The van der Waals surface area contributed by atoms with Gasteiger partial charge in [-0.15, -0.1) is 5.10 Å². The monoisotopic (exact) mass is 330 g/mol. The smallest absolute Gasteiger partial charge is 0.222 e. The van der Waals surface area contributed by atoms with Crippen LogP contribution < -0.4 is 0 Å². The van der Waals surface area contributed by atoms with Crippen molar-refractivity contribution in [3.05, 3.63) is 41.7 Å². The quantitative estimate of drug-likeness (QED) is 0.856. The SMILES string of the molecule is Cc1nc(SCCN2C[C@](C)(c3ccccc3)CCC2=O)n[nH]1. The minimum Gasteiger partial charge on any atom is -0.341 e.